The van der Waals surface area contributed by atoms with Gasteiger partial charge in [0, 0.05) is 47.7 Å². The Morgan fingerprint density at radius 2 is 1.74 bits per heavy atom. The van der Waals surface area contributed by atoms with E-state index in [9.17, 15) is 4.79 Å². The lowest BCUT2D eigenvalue weighted by atomic mass is 10.1. The van der Waals surface area contributed by atoms with Crippen molar-refractivity contribution in [1.29, 1.82) is 0 Å². The Labute approximate surface area is 204 Å². The molecule has 3 aromatic carbocycles. The number of aromatic amines is 1. The highest BCUT2D eigenvalue weighted by molar-refractivity contribution is 6.33. The van der Waals surface area contributed by atoms with Gasteiger partial charge in [0.15, 0.2) is 0 Å². The molecule has 2 heterocycles. The molecule has 0 saturated carbocycles. The molecule has 1 amide bonds. The van der Waals surface area contributed by atoms with E-state index in [-0.39, 0.29) is 5.91 Å². The highest BCUT2D eigenvalue weighted by Gasteiger charge is 2.26. The van der Waals surface area contributed by atoms with Crippen LogP contribution in [0.5, 0.6) is 0 Å². The minimum absolute atomic E-state index is 0.162. The number of imidazole rings is 1. The first-order valence-corrected chi connectivity index (χ1v) is 11.9. The highest BCUT2D eigenvalue weighted by Crippen LogP contribution is 2.30. The predicted octanol–water partition coefficient (Wildman–Crippen LogP) is 5.66. The second kappa shape index (κ2) is 9.12. The number of halogens is 1. The van der Waals surface area contributed by atoms with E-state index >= 15 is 0 Å². The van der Waals surface area contributed by atoms with Crippen molar-refractivity contribution in [2.45, 2.75) is 25.9 Å². The number of carbonyl (C=O) groups excluding carboxylic acids is 1. The van der Waals surface area contributed by atoms with Crippen LogP contribution < -0.4 is 10.2 Å². The number of aromatic nitrogens is 2. The van der Waals surface area contributed by atoms with E-state index in [2.05, 4.69) is 46.0 Å². The van der Waals surface area contributed by atoms with Crippen LogP contribution in [0.4, 0.5) is 11.4 Å². The maximum Gasteiger partial charge on any atom is 0.255 e. The number of benzene rings is 3. The van der Waals surface area contributed by atoms with Gasteiger partial charge in [0.25, 0.3) is 5.91 Å². The van der Waals surface area contributed by atoms with Gasteiger partial charge in [-0.2, -0.15) is 0 Å². The van der Waals surface area contributed by atoms with Gasteiger partial charge in [0.2, 0.25) is 0 Å². The van der Waals surface area contributed by atoms with Gasteiger partial charge in [-0.1, -0.05) is 23.7 Å². The first-order chi connectivity index (χ1) is 16.4. The van der Waals surface area contributed by atoms with Crippen LogP contribution in [0.25, 0.3) is 22.4 Å². The van der Waals surface area contributed by atoms with Gasteiger partial charge in [-0.25, -0.2) is 4.98 Å². The van der Waals surface area contributed by atoms with E-state index in [1.165, 1.54) is 0 Å². The number of anilines is 2. The summed E-state index contributed by atoms with van der Waals surface area (Å²) in [6, 6.07) is 22.0. The average Bonchev–Trinajstić information content (AvgIpc) is 3.27. The molecule has 0 bridgehead atoms. The van der Waals surface area contributed by atoms with Gasteiger partial charge in [0.1, 0.15) is 5.82 Å². The fourth-order valence-electron chi connectivity index (χ4n) is 4.51. The number of nitrogens with one attached hydrogen (secondary N) is 2. The molecule has 174 valence electrons. The molecule has 0 spiro atoms. The summed E-state index contributed by atoms with van der Waals surface area (Å²) in [7, 11) is 2.18. The van der Waals surface area contributed by atoms with E-state index in [0.29, 0.717) is 34.2 Å². The Balaban J connectivity index is 1.32. The van der Waals surface area contributed by atoms with Gasteiger partial charge in [-0.3, -0.25) is 9.69 Å². The molecule has 2 N–H and O–H groups in total. The van der Waals surface area contributed by atoms with Crippen molar-refractivity contribution < 1.29 is 4.79 Å². The average molecular weight is 474 g/mol. The summed E-state index contributed by atoms with van der Waals surface area (Å²) >= 11 is 6.45. The zero-order valence-corrected chi connectivity index (χ0v) is 20.3. The number of hydrogen-bond acceptors (Lipinski definition) is 4. The Bertz CT molecular complexity index is 1290. The summed E-state index contributed by atoms with van der Waals surface area (Å²) in [6.07, 6.45) is 0. The third-order valence-electron chi connectivity index (χ3n) is 6.72. The summed E-state index contributed by atoms with van der Waals surface area (Å²) in [5, 5.41) is 3.56. The number of piperazine rings is 1. The molecule has 6 nitrogen and oxygen atoms in total. The van der Waals surface area contributed by atoms with Crippen LogP contribution in [0.1, 0.15) is 24.2 Å². The van der Waals surface area contributed by atoms with Crippen LogP contribution in [-0.2, 0) is 0 Å². The molecular formula is C27H28ClN5O. The Kier molecular flexibility index (Phi) is 6.02. The highest BCUT2D eigenvalue weighted by atomic mass is 35.5. The molecule has 7 heteroatoms. The Hall–Kier alpha value is -3.35. The normalized spacial score (nSPS) is 18.9. The van der Waals surface area contributed by atoms with Crippen LogP contribution in [0, 0.1) is 0 Å². The molecule has 0 unspecified atom stereocenters. The fourth-order valence-corrected chi connectivity index (χ4v) is 4.71. The Morgan fingerprint density at radius 3 is 2.44 bits per heavy atom. The summed E-state index contributed by atoms with van der Waals surface area (Å²) in [5.74, 6) is 0.506. The lowest BCUT2D eigenvalue weighted by Crippen LogP contribution is -2.55. The smallest absolute Gasteiger partial charge is 0.255 e. The van der Waals surface area contributed by atoms with Crippen molar-refractivity contribution in [3.8, 4) is 11.4 Å². The van der Waals surface area contributed by atoms with Gasteiger partial charge in [-0.15, -0.1) is 0 Å². The van der Waals surface area contributed by atoms with Crippen LogP contribution in [0.3, 0.4) is 0 Å². The number of H-pyrrole nitrogens is 1. The number of amides is 1. The zero-order valence-electron chi connectivity index (χ0n) is 19.5. The van der Waals surface area contributed by atoms with Crippen molar-refractivity contribution in [3.63, 3.8) is 0 Å². The maximum absolute atomic E-state index is 12.9. The lowest BCUT2D eigenvalue weighted by molar-refractivity contribution is 0.102. The monoisotopic (exact) mass is 473 g/mol. The first-order valence-electron chi connectivity index (χ1n) is 11.5. The third kappa shape index (κ3) is 4.39. The third-order valence-corrected chi connectivity index (χ3v) is 7.05. The molecule has 1 saturated heterocycles. The Morgan fingerprint density at radius 1 is 1.03 bits per heavy atom. The van der Waals surface area contributed by atoms with Gasteiger partial charge < -0.3 is 15.2 Å². The molecule has 5 rings (SSSR count). The van der Waals surface area contributed by atoms with Crippen molar-refractivity contribution in [2.75, 3.05) is 30.4 Å². The fraction of sp³-hybridized carbons (Fsp3) is 0.259. The van der Waals surface area contributed by atoms with E-state index in [4.69, 9.17) is 11.6 Å². The van der Waals surface area contributed by atoms with Crippen molar-refractivity contribution >= 4 is 39.9 Å². The number of fused-ring (bicyclic) bond motifs is 1. The second-order valence-electron chi connectivity index (χ2n) is 9.07. The summed E-state index contributed by atoms with van der Waals surface area (Å²) in [4.78, 5) is 25.7. The van der Waals surface area contributed by atoms with Crippen LogP contribution in [0.2, 0.25) is 5.02 Å². The van der Waals surface area contributed by atoms with E-state index in [1.54, 1.807) is 12.1 Å². The van der Waals surface area contributed by atoms with Gasteiger partial charge in [0.05, 0.1) is 16.1 Å². The van der Waals surface area contributed by atoms with Gasteiger partial charge in [-0.05, 0) is 75.5 Å². The molecule has 1 fully saturated rings. The predicted molar refractivity (Wildman–Crippen MR) is 140 cm³/mol. The van der Waals surface area contributed by atoms with Crippen molar-refractivity contribution in [1.82, 2.24) is 14.9 Å². The number of carbonyl (C=O) groups is 1. The SMILES string of the molecule is C[C@@H]1CN(c2ccc(C(=O)Nc3ccc(Cl)c(-c4nc5ccccc5[nH]4)c3)cc2)C[C@H](C)N1C. The van der Waals surface area contributed by atoms with E-state index in [0.717, 1.165) is 35.4 Å². The standard InChI is InChI=1S/C27H28ClN5O/c1-17-15-33(16-18(2)32(17)3)21-11-8-19(9-12-21)27(34)29-20-10-13-23(28)22(14-20)26-30-24-6-4-5-7-25(24)31-26/h4-14,17-18H,15-16H2,1-3H3,(H,29,34)(H,30,31)/t17-,18+. The maximum atomic E-state index is 12.9. The van der Waals surface area contributed by atoms with Gasteiger partial charge >= 0.3 is 0 Å². The molecule has 34 heavy (non-hydrogen) atoms. The molecule has 1 aliphatic heterocycles. The first kappa shape index (κ1) is 22.4. The zero-order chi connectivity index (χ0) is 23.8. The molecule has 1 aromatic heterocycles. The molecule has 2 atom stereocenters. The van der Waals surface area contributed by atoms with Crippen molar-refractivity contribution in [2.24, 2.45) is 0 Å². The van der Waals surface area contributed by atoms with E-state index in [1.807, 2.05) is 54.6 Å². The lowest BCUT2D eigenvalue weighted by Gasteiger charge is -2.43. The summed E-state index contributed by atoms with van der Waals surface area (Å²) in [5.41, 5.74) is 4.96. The molecule has 1 aliphatic rings. The number of para-hydroxylation sites is 2. The largest absolute Gasteiger partial charge is 0.368 e. The number of likely N-dealkylation sites (N-methyl/N-ethyl adjacent to an activating group) is 1. The quantitative estimate of drug-likeness (QED) is 0.401. The molecular weight excluding hydrogens is 446 g/mol. The molecule has 4 aromatic rings. The van der Waals surface area contributed by atoms with Crippen LogP contribution in [0.15, 0.2) is 66.7 Å². The van der Waals surface area contributed by atoms with Crippen LogP contribution >= 0.6 is 11.6 Å². The topological polar surface area (TPSA) is 64.3 Å². The number of hydrogen-bond donors (Lipinski definition) is 2. The van der Waals surface area contributed by atoms with E-state index < -0.39 is 0 Å². The summed E-state index contributed by atoms with van der Waals surface area (Å²) in [6.45, 7) is 6.44. The second-order valence-corrected chi connectivity index (χ2v) is 9.47. The minimum Gasteiger partial charge on any atom is -0.368 e. The van der Waals surface area contributed by atoms with Crippen LogP contribution in [-0.4, -0.2) is 53.0 Å². The van der Waals surface area contributed by atoms with Crippen molar-refractivity contribution in [3.05, 3.63) is 77.3 Å². The number of nitrogens with zero attached hydrogens (tertiary/aromatic N) is 3. The molecule has 0 aliphatic carbocycles. The molecule has 0 radical (unpaired) electrons. The summed E-state index contributed by atoms with van der Waals surface area (Å²) < 4.78 is 0. The minimum atomic E-state index is -0.162. The number of rotatable bonds is 4.